The van der Waals surface area contributed by atoms with Gasteiger partial charge in [0.1, 0.15) is 16.1 Å². The fourth-order valence-electron chi connectivity index (χ4n) is 4.19. The topological polar surface area (TPSA) is 75.7 Å². The third-order valence-electron chi connectivity index (χ3n) is 5.45. The van der Waals surface area contributed by atoms with Gasteiger partial charge in [0.25, 0.3) is 0 Å². The molecule has 2 aliphatic rings. The molecule has 1 heterocycles. The lowest BCUT2D eigenvalue weighted by Gasteiger charge is -2.49. The zero-order valence-corrected chi connectivity index (χ0v) is 18.6. The molecule has 0 bridgehead atoms. The highest BCUT2D eigenvalue weighted by molar-refractivity contribution is 14.1. The Bertz CT molecular complexity index is 508. The van der Waals surface area contributed by atoms with Crippen LogP contribution in [0.25, 0.3) is 0 Å². The van der Waals surface area contributed by atoms with E-state index in [2.05, 4.69) is 0 Å². The number of ether oxygens (including phenoxy) is 2. The van der Waals surface area contributed by atoms with Gasteiger partial charge in [-0.1, -0.05) is 22.6 Å². The fourth-order valence-corrected chi connectivity index (χ4v) is 4.34. The second-order valence-electron chi connectivity index (χ2n) is 8.91. The van der Waals surface area contributed by atoms with Crippen LogP contribution in [0.4, 0.5) is 0 Å². The maximum absolute atomic E-state index is 12.6. The number of carbonyl (C=O) groups excluding carboxylic acids is 2. The van der Waals surface area contributed by atoms with Gasteiger partial charge in [-0.15, -0.1) is 10.3 Å². The number of hydrogen-bond acceptors (Lipinski definition) is 5. The van der Waals surface area contributed by atoms with Gasteiger partial charge in [0.05, 0.1) is 5.92 Å². The fraction of sp³-hybridized carbons (Fsp3) is 0.895. The Labute approximate surface area is 170 Å². The number of carbonyl (C=O) groups is 2. The van der Waals surface area contributed by atoms with Crippen LogP contribution >= 0.6 is 22.6 Å². The molecule has 1 saturated carbocycles. The summed E-state index contributed by atoms with van der Waals surface area (Å²) in [6.45, 7) is 9.40. The number of piperidine rings is 1. The SMILES string of the molecule is CC(I)C(=O)OC1CCC(C(=O)OC2CC(C)(C)N([O])C(C)(C)C2)CC1. The number of hydrogen-bond donors (Lipinski definition) is 0. The van der Waals surface area contributed by atoms with Crippen LogP contribution in [0.5, 0.6) is 0 Å². The Hall–Kier alpha value is -0.410. The number of hydroxylamine groups is 2. The lowest BCUT2D eigenvalue weighted by molar-refractivity contribution is -0.299. The van der Waals surface area contributed by atoms with Gasteiger partial charge >= 0.3 is 11.9 Å². The van der Waals surface area contributed by atoms with E-state index in [1.807, 2.05) is 57.2 Å². The zero-order chi connectivity index (χ0) is 19.7. The summed E-state index contributed by atoms with van der Waals surface area (Å²) in [5.41, 5.74) is -1.09. The Kier molecular flexibility index (Phi) is 6.99. The Morgan fingerprint density at radius 2 is 1.46 bits per heavy atom. The first-order valence-corrected chi connectivity index (χ1v) is 10.7. The molecule has 149 valence electrons. The molecular formula is C19H31INO5. The standard InChI is InChI=1S/C19H31INO5/c1-12(20)16(22)25-14-8-6-13(7-9-14)17(23)26-15-10-18(2,3)21(24)19(4,5)11-15/h12-15H,6-11H2,1-5H3. The minimum absolute atomic E-state index is 0.0923. The molecule has 2 rings (SSSR count). The van der Waals surface area contributed by atoms with Crippen molar-refractivity contribution in [2.75, 3.05) is 0 Å². The van der Waals surface area contributed by atoms with Crippen LogP contribution in [0, 0.1) is 5.92 Å². The van der Waals surface area contributed by atoms with Crippen LogP contribution in [0.1, 0.15) is 73.1 Å². The van der Waals surface area contributed by atoms with Crippen LogP contribution in [-0.4, -0.2) is 44.2 Å². The van der Waals surface area contributed by atoms with Crippen LogP contribution in [0.15, 0.2) is 0 Å². The molecule has 0 amide bonds. The Morgan fingerprint density at radius 3 is 1.92 bits per heavy atom. The number of esters is 2. The summed E-state index contributed by atoms with van der Waals surface area (Å²) in [6.07, 6.45) is 3.53. The summed E-state index contributed by atoms with van der Waals surface area (Å²) >= 11 is 2.04. The van der Waals surface area contributed by atoms with Crippen molar-refractivity contribution in [1.29, 1.82) is 0 Å². The average Bonchev–Trinajstić information content (AvgIpc) is 2.52. The molecule has 0 aromatic rings. The summed E-state index contributed by atoms with van der Waals surface area (Å²) in [5.74, 6) is -0.503. The largest absolute Gasteiger partial charge is 0.462 e. The van der Waals surface area contributed by atoms with E-state index in [4.69, 9.17) is 9.47 Å². The third kappa shape index (κ3) is 5.32. The number of rotatable bonds is 4. The molecule has 26 heavy (non-hydrogen) atoms. The first-order valence-electron chi connectivity index (χ1n) is 9.45. The summed E-state index contributed by atoms with van der Waals surface area (Å²) in [7, 11) is 0. The van der Waals surface area contributed by atoms with E-state index in [-0.39, 0.29) is 34.0 Å². The second kappa shape index (κ2) is 8.31. The molecular weight excluding hydrogens is 449 g/mol. The first kappa shape index (κ1) is 21.9. The molecule has 1 atom stereocenters. The summed E-state index contributed by atoms with van der Waals surface area (Å²) < 4.78 is 11.1. The van der Waals surface area contributed by atoms with Crippen LogP contribution in [0.2, 0.25) is 0 Å². The minimum atomic E-state index is -0.547. The quantitative estimate of drug-likeness (QED) is 0.348. The number of nitrogens with zero attached hydrogens (tertiary/aromatic N) is 1. The Morgan fingerprint density at radius 1 is 0.962 bits per heavy atom. The molecule has 1 unspecified atom stereocenters. The highest BCUT2D eigenvalue weighted by Crippen LogP contribution is 2.39. The lowest BCUT2D eigenvalue weighted by Crippen LogP contribution is -2.60. The highest BCUT2D eigenvalue weighted by atomic mass is 127. The lowest BCUT2D eigenvalue weighted by atomic mass is 9.80. The predicted octanol–water partition coefficient (Wildman–Crippen LogP) is 3.82. The van der Waals surface area contributed by atoms with Crippen molar-refractivity contribution in [3.05, 3.63) is 0 Å². The summed E-state index contributed by atoms with van der Waals surface area (Å²) in [6, 6.07) is 0. The van der Waals surface area contributed by atoms with Gasteiger partial charge in [0, 0.05) is 23.9 Å². The van der Waals surface area contributed by atoms with Gasteiger partial charge in [-0.05, 0) is 60.3 Å². The number of alkyl halides is 1. The van der Waals surface area contributed by atoms with Gasteiger partial charge in [-0.3, -0.25) is 9.59 Å². The summed E-state index contributed by atoms with van der Waals surface area (Å²) in [4.78, 5) is 24.3. The van der Waals surface area contributed by atoms with Gasteiger partial charge in [0.2, 0.25) is 0 Å². The van der Waals surface area contributed by atoms with Crippen molar-refractivity contribution in [1.82, 2.24) is 5.06 Å². The molecule has 6 nitrogen and oxygen atoms in total. The van der Waals surface area contributed by atoms with Gasteiger partial charge in [-0.2, -0.15) is 0 Å². The van der Waals surface area contributed by atoms with E-state index in [1.165, 1.54) is 0 Å². The van der Waals surface area contributed by atoms with Gasteiger partial charge < -0.3 is 9.47 Å². The van der Waals surface area contributed by atoms with E-state index in [0.717, 1.165) is 5.06 Å². The van der Waals surface area contributed by atoms with Crippen LogP contribution in [0.3, 0.4) is 0 Å². The average molecular weight is 480 g/mol. The van der Waals surface area contributed by atoms with Crippen molar-refractivity contribution in [3.8, 4) is 0 Å². The predicted molar refractivity (Wildman–Crippen MR) is 105 cm³/mol. The smallest absolute Gasteiger partial charge is 0.318 e. The molecule has 0 N–H and O–H groups in total. The first-order chi connectivity index (χ1) is 11.9. The minimum Gasteiger partial charge on any atom is -0.462 e. The monoisotopic (exact) mass is 480 g/mol. The van der Waals surface area contributed by atoms with Gasteiger partial charge in [-0.25, -0.2) is 0 Å². The summed E-state index contributed by atoms with van der Waals surface area (Å²) in [5, 5.41) is 13.5. The van der Waals surface area contributed by atoms with Crippen molar-refractivity contribution in [3.63, 3.8) is 0 Å². The van der Waals surface area contributed by atoms with Gasteiger partial charge in [0.15, 0.2) is 0 Å². The molecule has 0 aromatic carbocycles. The second-order valence-corrected chi connectivity index (χ2v) is 10.8. The molecule has 1 aliphatic heterocycles. The van der Waals surface area contributed by atoms with Crippen molar-refractivity contribution < 1.29 is 24.3 Å². The maximum atomic E-state index is 12.6. The van der Waals surface area contributed by atoms with Crippen molar-refractivity contribution in [2.24, 2.45) is 5.92 Å². The van der Waals surface area contributed by atoms with Crippen LogP contribution in [-0.2, 0) is 24.3 Å². The molecule has 0 aromatic heterocycles. The van der Waals surface area contributed by atoms with E-state index < -0.39 is 11.1 Å². The molecule has 7 heteroatoms. The third-order valence-corrected chi connectivity index (χ3v) is 5.96. The molecule has 1 aliphatic carbocycles. The van der Waals surface area contributed by atoms with E-state index in [9.17, 15) is 14.8 Å². The van der Waals surface area contributed by atoms with E-state index >= 15 is 0 Å². The number of halogens is 1. The molecule has 2 fully saturated rings. The molecule has 1 radical (unpaired) electrons. The molecule has 0 spiro atoms. The maximum Gasteiger partial charge on any atom is 0.318 e. The Balaban J connectivity index is 1.85. The van der Waals surface area contributed by atoms with Crippen LogP contribution < -0.4 is 0 Å². The van der Waals surface area contributed by atoms with E-state index in [0.29, 0.717) is 38.5 Å². The normalized spacial score (nSPS) is 30.4. The van der Waals surface area contributed by atoms with Crippen molar-refractivity contribution in [2.45, 2.75) is 100 Å². The van der Waals surface area contributed by atoms with E-state index in [1.54, 1.807) is 0 Å². The zero-order valence-electron chi connectivity index (χ0n) is 16.4. The van der Waals surface area contributed by atoms with Crippen molar-refractivity contribution >= 4 is 34.5 Å². The molecule has 1 saturated heterocycles. The highest BCUT2D eigenvalue weighted by Gasteiger charge is 2.47.